The van der Waals surface area contributed by atoms with Gasteiger partial charge in [0.05, 0.1) is 11.8 Å². The second-order valence-corrected chi connectivity index (χ2v) is 10.0. The Kier molecular flexibility index (Phi) is 7.32. The minimum absolute atomic E-state index is 0.0476. The van der Waals surface area contributed by atoms with Gasteiger partial charge in [-0.25, -0.2) is 10.2 Å². The minimum atomic E-state index is -3.67. The van der Waals surface area contributed by atoms with Crippen molar-refractivity contribution in [1.29, 1.82) is 0 Å². The normalized spacial score (nSPS) is 18.0. The molecule has 1 atom stereocenters. The molecular weight excluding hydrogens is 428 g/mol. The van der Waals surface area contributed by atoms with Crippen LogP contribution in [0.1, 0.15) is 45.2 Å². The lowest BCUT2D eigenvalue weighted by Crippen LogP contribution is -2.45. The molecule has 176 valence electrons. The quantitative estimate of drug-likeness (QED) is 0.678. The Bertz CT molecular complexity index is 1110. The van der Waals surface area contributed by atoms with Crippen molar-refractivity contribution < 1.29 is 17.8 Å². The molecule has 0 saturated carbocycles. The summed E-state index contributed by atoms with van der Waals surface area (Å²) >= 11 is 0. The number of aromatic nitrogens is 1. The van der Waals surface area contributed by atoms with Crippen LogP contribution in [0.25, 0.3) is 16.5 Å². The molecule has 2 heterocycles. The monoisotopic (exact) mass is 462 g/mol. The van der Waals surface area contributed by atoms with Crippen LogP contribution in [0.3, 0.4) is 0 Å². The summed E-state index contributed by atoms with van der Waals surface area (Å²) in [4.78, 5) is 17.0. The van der Waals surface area contributed by atoms with Gasteiger partial charge < -0.3 is 4.90 Å². The van der Waals surface area contributed by atoms with Gasteiger partial charge in [-0.2, -0.15) is 8.42 Å². The molecule has 2 N–H and O–H groups in total. The number of carbonyl (C=O) groups is 1. The highest BCUT2D eigenvalue weighted by atomic mass is 32.2. The summed E-state index contributed by atoms with van der Waals surface area (Å²) in [6, 6.07) is 7.38. The van der Waals surface area contributed by atoms with E-state index in [0.29, 0.717) is 31.4 Å². The Morgan fingerprint density at radius 1 is 1.28 bits per heavy atom. The van der Waals surface area contributed by atoms with Gasteiger partial charge in [0.15, 0.2) is 0 Å². The average Bonchev–Trinajstić information content (AvgIpc) is 3.06. The molecule has 0 unspecified atom stereocenters. The molecule has 2 aromatic rings. The number of rotatable bonds is 4. The highest BCUT2D eigenvalue weighted by Gasteiger charge is 2.34. The van der Waals surface area contributed by atoms with Gasteiger partial charge >= 0.3 is 6.03 Å². The molecular formula is C23H34N4O4S. The van der Waals surface area contributed by atoms with Crippen molar-refractivity contribution in [2.24, 2.45) is 0 Å². The number of urea groups is 1. The third-order valence-electron chi connectivity index (χ3n) is 6.07. The topological polar surface area (TPSA) is 94.9 Å². The third-order valence-corrected chi connectivity index (χ3v) is 6.07. The number of nitrogens with zero attached hydrogens (tertiary/aromatic N) is 3. The van der Waals surface area contributed by atoms with E-state index in [1.54, 1.807) is 4.90 Å². The number of hydrogen-bond donors (Lipinski definition) is 2. The van der Waals surface area contributed by atoms with Gasteiger partial charge in [-0.15, -0.1) is 0 Å². The number of benzene rings is 1. The van der Waals surface area contributed by atoms with E-state index in [0.717, 1.165) is 24.9 Å². The van der Waals surface area contributed by atoms with E-state index in [2.05, 4.69) is 54.6 Å². The van der Waals surface area contributed by atoms with E-state index in [1.165, 1.54) is 22.1 Å². The SMILES string of the molecule is CCN(CC)C(=O)Nn1cc2c3c(cccc31)C1=CCCN(C(C)C)[C@@H]1C2.CS(=O)(=O)O. The van der Waals surface area contributed by atoms with Crippen LogP contribution in [0.4, 0.5) is 4.79 Å². The minimum Gasteiger partial charge on any atom is -0.324 e. The Morgan fingerprint density at radius 2 is 1.94 bits per heavy atom. The lowest BCUT2D eigenvalue weighted by Gasteiger charge is -2.41. The summed E-state index contributed by atoms with van der Waals surface area (Å²) < 4.78 is 27.8. The van der Waals surface area contributed by atoms with Crippen molar-refractivity contribution in [3.8, 4) is 0 Å². The lowest BCUT2D eigenvalue weighted by molar-refractivity contribution is 0.182. The van der Waals surface area contributed by atoms with Gasteiger partial charge in [-0.3, -0.25) is 14.1 Å². The fraction of sp³-hybridized carbons (Fsp3) is 0.522. The summed E-state index contributed by atoms with van der Waals surface area (Å²) in [7, 11) is -3.67. The van der Waals surface area contributed by atoms with Crippen LogP contribution in [0.2, 0.25) is 0 Å². The number of hydrogen-bond acceptors (Lipinski definition) is 4. The molecule has 0 radical (unpaired) electrons. The van der Waals surface area contributed by atoms with Crippen LogP contribution in [-0.4, -0.2) is 71.5 Å². The summed E-state index contributed by atoms with van der Waals surface area (Å²) in [5, 5.41) is 1.30. The van der Waals surface area contributed by atoms with Crippen molar-refractivity contribution in [3.63, 3.8) is 0 Å². The average molecular weight is 463 g/mol. The molecule has 2 aliphatic rings. The molecule has 1 aromatic heterocycles. The Labute approximate surface area is 190 Å². The first-order chi connectivity index (χ1) is 15.0. The predicted octanol–water partition coefficient (Wildman–Crippen LogP) is 3.57. The van der Waals surface area contributed by atoms with Crippen molar-refractivity contribution in [2.45, 2.75) is 52.6 Å². The van der Waals surface area contributed by atoms with Crippen LogP contribution in [-0.2, 0) is 16.5 Å². The number of carbonyl (C=O) groups excluding carboxylic acids is 1. The van der Waals surface area contributed by atoms with E-state index >= 15 is 0 Å². The van der Waals surface area contributed by atoms with Crippen molar-refractivity contribution in [2.75, 3.05) is 31.3 Å². The zero-order chi connectivity index (χ0) is 23.6. The van der Waals surface area contributed by atoms with Crippen LogP contribution in [0.15, 0.2) is 30.5 Å². The van der Waals surface area contributed by atoms with Crippen LogP contribution in [0.5, 0.6) is 0 Å². The summed E-state index contributed by atoms with van der Waals surface area (Å²) in [5.74, 6) is 0. The number of nitrogens with one attached hydrogen (secondary N) is 1. The summed E-state index contributed by atoms with van der Waals surface area (Å²) in [6.45, 7) is 11.1. The maximum Gasteiger partial charge on any atom is 0.336 e. The lowest BCUT2D eigenvalue weighted by atomic mass is 9.81. The molecule has 32 heavy (non-hydrogen) atoms. The molecule has 1 aliphatic heterocycles. The maximum absolute atomic E-state index is 12.6. The molecule has 8 nitrogen and oxygen atoms in total. The van der Waals surface area contributed by atoms with Crippen molar-refractivity contribution in [3.05, 3.63) is 41.6 Å². The molecule has 9 heteroatoms. The molecule has 1 aliphatic carbocycles. The highest BCUT2D eigenvalue weighted by Crippen LogP contribution is 2.41. The number of fused-ring (bicyclic) bond motifs is 2. The van der Waals surface area contributed by atoms with Crippen LogP contribution < -0.4 is 5.43 Å². The van der Waals surface area contributed by atoms with E-state index in [-0.39, 0.29) is 6.03 Å². The molecule has 0 spiro atoms. The van der Waals surface area contributed by atoms with E-state index in [4.69, 9.17) is 4.55 Å². The predicted molar refractivity (Wildman–Crippen MR) is 129 cm³/mol. The first-order valence-electron chi connectivity index (χ1n) is 11.1. The Balaban J connectivity index is 0.000000523. The van der Waals surface area contributed by atoms with Gasteiger partial charge in [0, 0.05) is 43.3 Å². The molecule has 0 bridgehead atoms. The summed E-state index contributed by atoms with van der Waals surface area (Å²) in [5.41, 5.74) is 8.29. The highest BCUT2D eigenvalue weighted by molar-refractivity contribution is 7.85. The van der Waals surface area contributed by atoms with Gasteiger partial charge in [-0.1, -0.05) is 18.2 Å². The smallest absolute Gasteiger partial charge is 0.324 e. The van der Waals surface area contributed by atoms with Gasteiger partial charge in [-0.05, 0) is 63.3 Å². The molecule has 2 amide bonds. The van der Waals surface area contributed by atoms with Gasteiger partial charge in [0.1, 0.15) is 0 Å². The van der Waals surface area contributed by atoms with Crippen LogP contribution >= 0.6 is 0 Å². The molecule has 0 fully saturated rings. The third kappa shape index (κ3) is 5.16. The van der Waals surface area contributed by atoms with E-state index < -0.39 is 10.1 Å². The van der Waals surface area contributed by atoms with Gasteiger partial charge in [0.2, 0.25) is 0 Å². The van der Waals surface area contributed by atoms with E-state index in [1.807, 2.05) is 18.5 Å². The zero-order valence-corrected chi connectivity index (χ0v) is 20.3. The Morgan fingerprint density at radius 3 is 2.53 bits per heavy atom. The Hall–Kier alpha value is -2.36. The van der Waals surface area contributed by atoms with Crippen molar-refractivity contribution >= 4 is 32.6 Å². The number of amides is 2. The fourth-order valence-electron chi connectivity index (χ4n) is 4.72. The second-order valence-electron chi connectivity index (χ2n) is 8.55. The standard InChI is InChI=1S/C22H30N4O.CH4O3S/c1-5-24(6-2)22(27)23-26-14-16-13-20-17(10-8-12-25(20)15(3)4)18-9-7-11-19(26)21(16)18;1-5(2,3)4/h7,9-11,14-15,20H,5-6,8,12-13H2,1-4H3,(H,23,27);1H3,(H,2,3,4)/t20-;/m1./s1. The zero-order valence-electron chi connectivity index (χ0n) is 19.5. The largest absolute Gasteiger partial charge is 0.336 e. The van der Waals surface area contributed by atoms with Crippen molar-refractivity contribution in [1.82, 2.24) is 14.5 Å². The van der Waals surface area contributed by atoms with Gasteiger partial charge in [0.25, 0.3) is 10.1 Å². The maximum atomic E-state index is 12.6. The summed E-state index contributed by atoms with van der Waals surface area (Å²) in [6.07, 6.45) is 7.38. The molecule has 4 rings (SSSR count). The van der Waals surface area contributed by atoms with Crippen LogP contribution in [0, 0.1) is 0 Å². The molecule has 0 saturated heterocycles. The second kappa shape index (κ2) is 9.64. The van der Waals surface area contributed by atoms with E-state index in [9.17, 15) is 13.2 Å². The first kappa shape index (κ1) is 24.3. The fourth-order valence-corrected chi connectivity index (χ4v) is 4.72. The first-order valence-corrected chi connectivity index (χ1v) is 13.0. The molecule has 1 aromatic carbocycles.